The highest BCUT2D eigenvalue weighted by Gasteiger charge is 2.30. The van der Waals surface area contributed by atoms with Gasteiger partial charge >= 0.3 is 18.1 Å². The lowest BCUT2D eigenvalue weighted by atomic mass is 10.1. The molecule has 1 aromatic carbocycles. The van der Waals surface area contributed by atoms with Gasteiger partial charge in [0, 0.05) is 11.4 Å². The van der Waals surface area contributed by atoms with Crippen LogP contribution in [0.1, 0.15) is 44.6 Å². The van der Waals surface area contributed by atoms with Gasteiger partial charge in [-0.1, -0.05) is 0 Å². The van der Waals surface area contributed by atoms with Crippen LogP contribution < -0.4 is 5.32 Å². The normalized spacial score (nSPS) is 12.2. The number of anilines is 1. The number of halogens is 3. The molecule has 0 aliphatic carbocycles. The Morgan fingerprint density at radius 1 is 1.07 bits per heavy atom. The third-order valence-electron chi connectivity index (χ3n) is 4.16. The van der Waals surface area contributed by atoms with Crippen molar-refractivity contribution in [3.05, 3.63) is 52.3 Å². The summed E-state index contributed by atoms with van der Waals surface area (Å²) in [6.45, 7) is 4.42. The predicted molar refractivity (Wildman–Crippen MR) is 96.6 cm³/mol. The Labute approximate surface area is 164 Å². The number of aromatic amines is 1. The van der Waals surface area contributed by atoms with Crippen molar-refractivity contribution in [2.24, 2.45) is 0 Å². The Balaban J connectivity index is 2.06. The highest BCUT2D eigenvalue weighted by Crippen LogP contribution is 2.29. The van der Waals surface area contributed by atoms with Crippen molar-refractivity contribution < 1.29 is 37.0 Å². The number of aromatic nitrogens is 1. The Bertz CT molecular complexity index is 933. The summed E-state index contributed by atoms with van der Waals surface area (Å²) in [6.07, 6.45) is -5.73. The molecule has 0 saturated carbocycles. The Kier molecular flexibility index (Phi) is 6.35. The van der Waals surface area contributed by atoms with E-state index >= 15 is 0 Å². The number of amides is 1. The third-order valence-corrected chi connectivity index (χ3v) is 4.16. The van der Waals surface area contributed by atoms with Crippen LogP contribution in [0.2, 0.25) is 0 Å². The first-order valence-electron chi connectivity index (χ1n) is 8.42. The van der Waals surface area contributed by atoms with Gasteiger partial charge in [0.15, 0.2) is 6.10 Å². The molecule has 2 rings (SSSR count). The molecule has 10 heteroatoms. The average Bonchev–Trinajstić information content (AvgIpc) is 2.95. The summed E-state index contributed by atoms with van der Waals surface area (Å²) in [6, 6.07) is 3.84. The molecular formula is C19H19F3N2O5. The molecule has 7 nitrogen and oxygen atoms in total. The van der Waals surface area contributed by atoms with Crippen molar-refractivity contribution in [3.8, 4) is 0 Å². The summed E-state index contributed by atoms with van der Waals surface area (Å²) in [5, 5.41) is 2.37. The molecule has 0 aliphatic heterocycles. The van der Waals surface area contributed by atoms with Crippen LogP contribution in [0.25, 0.3) is 0 Å². The first-order chi connectivity index (χ1) is 13.5. The van der Waals surface area contributed by atoms with Crippen LogP contribution in [0, 0.1) is 13.8 Å². The molecule has 2 aromatic rings. The third kappa shape index (κ3) is 4.95. The number of rotatable bonds is 5. The zero-order valence-corrected chi connectivity index (χ0v) is 16.1. The largest absolute Gasteiger partial charge is 0.465 e. The van der Waals surface area contributed by atoms with Crippen molar-refractivity contribution in [1.82, 2.24) is 4.98 Å². The number of esters is 2. The molecule has 1 unspecified atom stereocenters. The number of hydrogen-bond donors (Lipinski definition) is 2. The van der Waals surface area contributed by atoms with E-state index in [2.05, 4.69) is 15.0 Å². The minimum Gasteiger partial charge on any atom is -0.465 e. The number of carbonyl (C=O) groups excluding carboxylic acids is 3. The zero-order chi connectivity index (χ0) is 21.9. The topological polar surface area (TPSA) is 97.5 Å². The van der Waals surface area contributed by atoms with Gasteiger partial charge in [0.25, 0.3) is 5.91 Å². The molecule has 1 aromatic heterocycles. The Morgan fingerprint density at radius 2 is 1.66 bits per heavy atom. The van der Waals surface area contributed by atoms with Crippen LogP contribution in [0.5, 0.6) is 0 Å². The van der Waals surface area contributed by atoms with Crippen molar-refractivity contribution in [1.29, 1.82) is 0 Å². The van der Waals surface area contributed by atoms with E-state index in [1.165, 1.54) is 21.0 Å². The maximum Gasteiger partial charge on any atom is 0.416 e. The molecule has 0 fully saturated rings. The van der Waals surface area contributed by atoms with E-state index in [1.54, 1.807) is 6.92 Å². The highest BCUT2D eigenvalue weighted by atomic mass is 19.4. The summed E-state index contributed by atoms with van der Waals surface area (Å²) in [7, 11) is 1.21. The average molecular weight is 412 g/mol. The lowest BCUT2D eigenvalue weighted by Crippen LogP contribution is -2.30. The Morgan fingerprint density at radius 3 is 2.17 bits per heavy atom. The smallest absolute Gasteiger partial charge is 0.416 e. The van der Waals surface area contributed by atoms with Gasteiger partial charge in [-0.15, -0.1) is 0 Å². The van der Waals surface area contributed by atoms with Gasteiger partial charge in [0.05, 0.1) is 18.2 Å². The molecule has 1 atom stereocenters. The van der Waals surface area contributed by atoms with E-state index in [4.69, 9.17) is 4.74 Å². The van der Waals surface area contributed by atoms with Gasteiger partial charge in [-0.2, -0.15) is 13.2 Å². The molecule has 0 spiro atoms. The van der Waals surface area contributed by atoms with Crippen molar-refractivity contribution >= 4 is 23.5 Å². The number of benzene rings is 1. The van der Waals surface area contributed by atoms with E-state index in [0.717, 1.165) is 24.3 Å². The number of H-pyrrole nitrogens is 1. The first-order valence-corrected chi connectivity index (χ1v) is 8.42. The second-order valence-electron chi connectivity index (χ2n) is 6.23. The fourth-order valence-corrected chi connectivity index (χ4v) is 2.62. The van der Waals surface area contributed by atoms with Gasteiger partial charge in [-0.25, -0.2) is 9.59 Å². The van der Waals surface area contributed by atoms with E-state index in [-0.39, 0.29) is 16.9 Å². The standard InChI is InChI=1S/C19H19F3N2O5/c1-9-14(17(26)28-4)10(2)23-15(9)18(27)29-11(3)16(25)24-13-7-5-12(6-8-13)19(20,21)22/h5-8,11,23H,1-4H3,(H,24,25). The lowest BCUT2D eigenvalue weighted by Gasteiger charge is -2.14. The number of hydrogen-bond acceptors (Lipinski definition) is 5. The number of ether oxygens (including phenoxy) is 2. The summed E-state index contributed by atoms with van der Waals surface area (Å²) in [4.78, 5) is 39.0. The van der Waals surface area contributed by atoms with Crippen LogP contribution in [-0.4, -0.2) is 36.0 Å². The molecule has 0 aliphatic rings. The molecule has 1 amide bonds. The van der Waals surface area contributed by atoms with Crippen LogP contribution >= 0.6 is 0 Å². The summed E-state index contributed by atoms with van der Waals surface area (Å²) >= 11 is 0. The summed E-state index contributed by atoms with van der Waals surface area (Å²) < 4.78 is 47.5. The van der Waals surface area contributed by atoms with Gasteiger partial charge in [0.2, 0.25) is 0 Å². The molecule has 0 saturated heterocycles. The lowest BCUT2D eigenvalue weighted by molar-refractivity contribution is -0.137. The van der Waals surface area contributed by atoms with Gasteiger partial charge in [0.1, 0.15) is 5.69 Å². The molecule has 29 heavy (non-hydrogen) atoms. The molecule has 0 radical (unpaired) electrons. The number of carbonyl (C=O) groups is 3. The van der Waals surface area contributed by atoms with E-state index in [0.29, 0.717) is 11.3 Å². The van der Waals surface area contributed by atoms with Crippen molar-refractivity contribution in [2.45, 2.75) is 33.1 Å². The fourth-order valence-electron chi connectivity index (χ4n) is 2.62. The Hall–Kier alpha value is -3.30. The minimum absolute atomic E-state index is 0.00270. The fraction of sp³-hybridized carbons (Fsp3) is 0.316. The van der Waals surface area contributed by atoms with E-state index in [1.807, 2.05) is 0 Å². The van der Waals surface area contributed by atoms with Gasteiger partial charge < -0.3 is 19.8 Å². The van der Waals surface area contributed by atoms with Crippen LogP contribution in [0.15, 0.2) is 24.3 Å². The molecule has 0 bridgehead atoms. The highest BCUT2D eigenvalue weighted by molar-refractivity contribution is 6.00. The maximum absolute atomic E-state index is 12.6. The second kappa shape index (κ2) is 8.38. The summed E-state index contributed by atoms with van der Waals surface area (Å²) in [5.41, 5.74) is 0.177. The van der Waals surface area contributed by atoms with Crippen molar-refractivity contribution in [3.63, 3.8) is 0 Å². The monoisotopic (exact) mass is 412 g/mol. The quantitative estimate of drug-likeness (QED) is 0.731. The predicted octanol–water partition coefficient (Wildman–Crippen LogP) is 3.62. The van der Waals surface area contributed by atoms with Gasteiger partial charge in [-0.3, -0.25) is 4.79 Å². The van der Waals surface area contributed by atoms with E-state index in [9.17, 15) is 27.6 Å². The number of nitrogens with one attached hydrogen (secondary N) is 2. The number of methoxy groups -OCH3 is 1. The number of aryl methyl sites for hydroxylation is 1. The second-order valence-corrected chi connectivity index (χ2v) is 6.23. The molecule has 156 valence electrons. The molecule has 1 heterocycles. The van der Waals surface area contributed by atoms with Crippen LogP contribution in [-0.2, 0) is 20.4 Å². The minimum atomic E-state index is -4.49. The molecule has 2 N–H and O–H groups in total. The molecular weight excluding hydrogens is 393 g/mol. The maximum atomic E-state index is 12.6. The van der Waals surface area contributed by atoms with E-state index < -0.39 is 35.7 Å². The zero-order valence-electron chi connectivity index (χ0n) is 16.1. The van der Waals surface area contributed by atoms with Gasteiger partial charge in [-0.05, 0) is 50.6 Å². The van der Waals surface area contributed by atoms with Crippen LogP contribution in [0.4, 0.5) is 18.9 Å². The first kappa shape index (κ1) is 22.0. The summed E-state index contributed by atoms with van der Waals surface area (Å²) in [5.74, 6) is -2.22. The van der Waals surface area contributed by atoms with Crippen molar-refractivity contribution in [2.75, 3.05) is 12.4 Å². The SMILES string of the molecule is COC(=O)c1c(C)[nH]c(C(=O)OC(C)C(=O)Nc2ccc(C(F)(F)F)cc2)c1C. The van der Waals surface area contributed by atoms with Crippen LogP contribution in [0.3, 0.4) is 0 Å². The number of alkyl halides is 3.